The Kier molecular flexibility index (Phi) is 8.91. The maximum absolute atomic E-state index is 14.2. The summed E-state index contributed by atoms with van der Waals surface area (Å²) in [5, 5.41) is 13.8. The lowest BCUT2D eigenvalue weighted by Crippen LogP contribution is -2.88. The molecule has 1 aromatic carbocycles. The van der Waals surface area contributed by atoms with Gasteiger partial charge in [0.2, 0.25) is 5.60 Å². The van der Waals surface area contributed by atoms with E-state index in [1.165, 1.54) is 5.32 Å². The van der Waals surface area contributed by atoms with E-state index < -0.39 is 37.3 Å². The quantitative estimate of drug-likeness (QED) is 0.161. The fourth-order valence-corrected chi connectivity index (χ4v) is 10.9. The summed E-state index contributed by atoms with van der Waals surface area (Å²) in [5.74, 6) is -0.892. The van der Waals surface area contributed by atoms with Gasteiger partial charge in [-0.05, 0) is 73.7 Å². The van der Waals surface area contributed by atoms with Gasteiger partial charge in [-0.2, -0.15) is 4.79 Å². The van der Waals surface area contributed by atoms with Crippen LogP contribution in [0.25, 0.3) is 22.3 Å². The van der Waals surface area contributed by atoms with Crippen molar-refractivity contribution in [3.8, 4) is 17.1 Å². The van der Waals surface area contributed by atoms with Crippen molar-refractivity contribution in [2.24, 2.45) is 5.92 Å². The Morgan fingerprint density at radius 2 is 1.85 bits per heavy atom. The van der Waals surface area contributed by atoms with Gasteiger partial charge < -0.3 is 23.9 Å². The lowest BCUT2D eigenvalue weighted by Gasteiger charge is -2.35. The molecule has 1 amide bonds. The number of phenols is 1. The molecule has 3 N–H and O–H groups in total. The van der Waals surface area contributed by atoms with Gasteiger partial charge in [0.25, 0.3) is 5.56 Å². The van der Waals surface area contributed by atoms with Crippen molar-refractivity contribution in [2.45, 2.75) is 104 Å². The van der Waals surface area contributed by atoms with E-state index in [0.29, 0.717) is 40.5 Å². The smallest absolute Gasteiger partial charge is 0.508 e. The van der Waals surface area contributed by atoms with Crippen LogP contribution in [0.4, 0.5) is 4.79 Å². The first-order chi connectivity index (χ1) is 21.9. The van der Waals surface area contributed by atoms with Crippen LogP contribution in [0, 0.1) is 5.92 Å². The van der Waals surface area contributed by atoms with E-state index in [1.54, 1.807) is 56.5 Å². The summed E-state index contributed by atoms with van der Waals surface area (Å²) in [6.45, 7) is 18.4. The zero-order valence-electron chi connectivity index (χ0n) is 28.8. The first-order valence-electron chi connectivity index (χ1n) is 16.3. The number of carbonyl (C=O) groups excluding carboxylic acids is 3. The molecule has 0 saturated carbocycles. The predicted molar refractivity (Wildman–Crippen MR) is 179 cm³/mol. The largest absolute Gasteiger partial charge is 0.513 e. The van der Waals surface area contributed by atoms with E-state index in [0.717, 1.165) is 16.1 Å². The number of hydrogen-bond donors (Lipinski definition) is 2. The van der Waals surface area contributed by atoms with E-state index >= 15 is 0 Å². The molecule has 47 heavy (non-hydrogen) atoms. The molecule has 0 saturated heterocycles. The number of fused-ring (bicyclic) bond motifs is 5. The van der Waals surface area contributed by atoms with Gasteiger partial charge in [-0.15, -0.1) is 0 Å². The number of phenolic OH excluding ortho intramolecular Hbond substituents is 1. The fourth-order valence-electron chi connectivity index (χ4n) is 6.92. The van der Waals surface area contributed by atoms with Crippen LogP contribution in [0.15, 0.2) is 29.1 Å². The molecule has 1 unspecified atom stereocenters. The third-order valence-corrected chi connectivity index (χ3v) is 14.6. The molecular formula is C35H46N3O8Si+. The predicted octanol–water partition coefficient (Wildman–Crippen LogP) is 4.19. The summed E-state index contributed by atoms with van der Waals surface area (Å²) in [6, 6.07) is 6.93. The molecule has 4 heterocycles. The summed E-state index contributed by atoms with van der Waals surface area (Å²) < 4.78 is 18.3. The van der Waals surface area contributed by atoms with Gasteiger partial charge in [-0.25, -0.2) is 15.1 Å². The molecule has 0 radical (unpaired) electrons. The molecule has 2 aliphatic rings. The average molecular weight is 665 g/mol. The zero-order chi connectivity index (χ0) is 34.6. The number of hydrogen-bond acceptors (Lipinski definition) is 9. The number of esters is 2. The molecular weight excluding hydrogens is 618 g/mol. The summed E-state index contributed by atoms with van der Waals surface area (Å²) in [6.07, 6.45) is -0.685. The van der Waals surface area contributed by atoms with Crippen LogP contribution in [0.2, 0.25) is 18.6 Å². The Balaban J connectivity index is 1.60. The Labute approximate surface area is 275 Å². The highest BCUT2D eigenvalue weighted by atomic mass is 28.3. The second kappa shape index (κ2) is 12.2. The standard InChI is InChI=1S/C35H45N3O8Si/c1-10-35(45-28(40)13-14-36-33(43)46-34(5,6)7)25-16-27-29-23(17-38(27)31(41)24(25)18-44-32(35)42)30(47(8,9)20(4)19(2)3)22-15-21(39)11-12-26(22)37-29/h11-12,15-16,19-20,39H,10,13-14,17-18H2,1-9H3,(H,36,43)/p+1/t20?,35-/m0/s1. The average Bonchev–Trinajstić information content (AvgIpc) is 3.34. The summed E-state index contributed by atoms with van der Waals surface area (Å²) in [4.78, 5) is 57.9. The van der Waals surface area contributed by atoms with Gasteiger partial charge in [0.05, 0.1) is 50.1 Å². The third kappa shape index (κ3) is 6.08. The van der Waals surface area contributed by atoms with E-state index in [2.05, 4.69) is 33.9 Å². The zero-order valence-corrected chi connectivity index (χ0v) is 29.8. The number of aromatic hydroxyl groups is 1. The second-order valence-corrected chi connectivity index (χ2v) is 19.4. The molecule has 0 spiro atoms. The van der Waals surface area contributed by atoms with Crippen molar-refractivity contribution in [3.05, 3.63) is 51.3 Å². The molecule has 0 aliphatic carbocycles. The van der Waals surface area contributed by atoms with Crippen LogP contribution in [0.5, 0.6) is 5.75 Å². The van der Waals surface area contributed by atoms with Crippen molar-refractivity contribution < 1.29 is 39.0 Å². The Morgan fingerprint density at radius 3 is 2.49 bits per heavy atom. The van der Waals surface area contributed by atoms with E-state index in [-0.39, 0.29) is 42.9 Å². The minimum atomic E-state index is -2.23. The number of rotatable bonds is 8. The second-order valence-electron chi connectivity index (χ2n) is 14.6. The number of aromatic nitrogens is 2. The van der Waals surface area contributed by atoms with Gasteiger partial charge in [0, 0.05) is 10.9 Å². The molecule has 252 valence electrons. The van der Waals surface area contributed by atoms with E-state index in [1.807, 2.05) is 0 Å². The van der Waals surface area contributed by atoms with Gasteiger partial charge in [-0.1, -0.05) is 40.8 Å². The molecule has 3 aromatic rings. The number of primary amides is 1. The van der Waals surface area contributed by atoms with Crippen molar-refractivity contribution in [1.29, 1.82) is 0 Å². The number of nitrogens with zero attached hydrogens (tertiary/aromatic N) is 2. The molecule has 11 nitrogen and oxygen atoms in total. The molecule has 5 rings (SSSR count). The van der Waals surface area contributed by atoms with Crippen LogP contribution >= 0.6 is 0 Å². The van der Waals surface area contributed by atoms with Gasteiger partial charge >= 0.3 is 18.0 Å². The summed E-state index contributed by atoms with van der Waals surface area (Å²) in [7, 11) is -2.23. The third-order valence-electron chi connectivity index (χ3n) is 9.78. The summed E-state index contributed by atoms with van der Waals surface area (Å²) >= 11 is 0. The molecule has 12 heteroatoms. The topological polar surface area (TPSA) is 151 Å². The van der Waals surface area contributed by atoms with E-state index in [4.69, 9.17) is 19.2 Å². The number of ether oxygens (including phenoxy) is 3. The Hall–Kier alpha value is -4.03. The number of cyclic esters (lactones) is 1. The highest BCUT2D eigenvalue weighted by Crippen LogP contribution is 2.42. The minimum absolute atomic E-state index is 0.0393. The Morgan fingerprint density at radius 1 is 1.15 bits per heavy atom. The van der Waals surface area contributed by atoms with Crippen molar-refractivity contribution in [2.75, 3.05) is 6.54 Å². The Bertz CT molecular complexity index is 1840. The first-order valence-corrected chi connectivity index (χ1v) is 19.4. The fraction of sp³-hybridized carbons (Fsp3) is 0.514. The lowest BCUT2D eigenvalue weighted by atomic mass is 9.85. The number of carbonyl (C=O) groups is 3. The highest BCUT2D eigenvalue weighted by Gasteiger charge is 2.51. The number of amides is 1. The van der Waals surface area contributed by atoms with Crippen LogP contribution in [-0.4, -0.2) is 52.9 Å². The number of benzene rings is 1. The lowest BCUT2D eigenvalue weighted by molar-refractivity contribution is -0.571. The van der Waals surface area contributed by atoms with Crippen LogP contribution < -0.4 is 16.1 Å². The SMILES string of the molecule is CC[C@@]1(OC(=O)CC[NH2+]C(=O)OC(C)(C)C)C(=O)OCc2c1cc1n(c2=O)Cc2c-1nc1ccc(O)cc1c2[Si](C)(C)C(C)C(C)C. The van der Waals surface area contributed by atoms with Gasteiger partial charge in [-0.3, -0.25) is 9.59 Å². The monoisotopic (exact) mass is 664 g/mol. The summed E-state index contributed by atoms with van der Waals surface area (Å²) in [5.41, 5.74) is 0.940. The molecule has 2 aromatic heterocycles. The van der Waals surface area contributed by atoms with Crippen LogP contribution in [-0.2, 0) is 42.6 Å². The molecule has 2 atom stereocenters. The molecule has 0 fully saturated rings. The minimum Gasteiger partial charge on any atom is -0.508 e. The normalized spacial score (nSPS) is 18.0. The maximum Gasteiger partial charge on any atom is 0.513 e. The van der Waals surface area contributed by atoms with Crippen molar-refractivity contribution in [3.63, 3.8) is 0 Å². The van der Waals surface area contributed by atoms with E-state index in [9.17, 15) is 24.3 Å². The maximum atomic E-state index is 14.2. The van der Waals surface area contributed by atoms with Gasteiger partial charge in [0.15, 0.2) is 0 Å². The van der Waals surface area contributed by atoms with Crippen molar-refractivity contribution in [1.82, 2.24) is 9.55 Å². The molecule has 2 aliphatic heterocycles. The number of nitrogens with two attached hydrogens (primary N) is 1. The van der Waals surface area contributed by atoms with Crippen LogP contribution in [0.1, 0.15) is 78.0 Å². The van der Waals surface area contributed by atoms with Crippen molar-refractivity contribution >= 4 is 42.2 Å². The van der Waals surface area contributed by atoms with Crippen LogP contribution in [0.3, 0.4) is 0 Å². The molecule has 0 bridgehead atoms. The highest BCUT2D eigenvalue weighted by molar-refractivity contribution is 6.93. The number of quaternary nitrogens is 1. The number of pyridine rings is 2. The van der Waals surface area contributed by atoms with Gasteiger partial charge in [0.1, 0.15) is 18.0 Å². The first kappa shape index (κ1) is 34.3.